The lowest BCUT2D eigenvalue weighted by atomic mass is 10.2. The summed E-state index contributed by atoms with van der Waals surface area (Å²) in [5, 5.41) is 9.64. The molecule has 0 unspecified atom stereocenters. The fourth-order valence-corrected chi connectivity index (χ4v) is 1.92. The average Bonchev–Trinajstić information content (AvgIpc) is 2.80. The first-order chi connectivity index (χ1) is 9.93. The van der Waals surface area contributed by atoms with Crippen LogP contribution in [0.3, 0.4) is 0 Å². The smallest absolute Gasteiger partial charge is 0.337 e. The first kappa shape index (κ1) is 15.1. The Bertz CT molecular complexity index is 709. The molecule has 0 aliphatic rings. The number of anilines is 1. The minimum atomic E-state index is -0.506. The van der Waals surface area contributed by atoms with E-state index in [2.05, 4.69) is 20.3 Å². The monoisotopic (exact) mass is 307 g/mol. The third-order valence-electron chi connectivity index (χ3n) is 3.10. The van der Waals surface area contributed by atoms with Gasteiger partial charge in [-0.05, 0) is 32.0 Å². The summed E-state index contributed by atoms with van der Waals surface area (Å²) in [5.74, 6) is -0.908. The highest BCUT2D eigenvalue weighted by atomic mass is 35.5. The van der Waals surface area contributed by atoms with Crippen molar-refractivity contribution in [2.75, 3.05) is 12.4 Å². The highest BCUT2D eigenvalue weighted by Gasteiger charge is 2.17. The van der Waals surface area contributed by atoms with Crippen molar-refractivity contribution in [1.29, 1.82) is 0 Å². The number of hydrogen-bond acceptors (Lipinski definition) is 4. The lowest BCUT2D eigenvalue weighted by Crippen LogP contribution is -2.14. The molecule has 1 amide bonds. The van der Waals surface area contributed by atoms with Crippen molar-refractivity contribution in [1.82, 2.24) is 10.2 Å². The zero-order valence-corrected chi connectivity index (χ0v) is 12.5. The number of halogens is 1. The van der Waals surface area contributed by atoms with Gasteiger partial charge in [0.1, 0.15) is 0 Å². The molecule has 2 rings (SSSR count). The van der Waals surface area contributed by atoms with Crippen LogP contribution in [0.15, 0.2) is 18.2 Å². The second-order valence-electron chi connectivity index (χ2n) is 4.46. The number of esters is 1. The molecule has 110 valence electrons. The number of nitrogens with one attached hydrogen (secondary N) is 2. The Kier molecular flexibility index (Phi) is 4.28. The van der Waals surface area contributed by atoms with Crippen molar-refractivity contribution in [3.05, 3.63) is 45.7 Å². The number of benzene rings is 1. The highest BCUT2D eigenvalue weighted by molar-refractivity contribution is 6.34. The predicted octanol–water partition coefficient (Wildman–Crippen LogP) is 2.72. The van der Waals surface area contributed by atoms with E-state index in [1.54, 1.807) is 6.92 Å². The normalized spacial score (nSPS) is 10.3. The van der Waals surface area contributed by atoms with E-state index in [-0.39, 0.29) is 5.69 Å². The van der Waals surface area contributed by atoms with Crippen molar-refractivity contribution in [2.24, 2.45) is 0 Å². The Morgan fingerprint density at radius 3 is 2.62 bits per heavy atom. The fraction of sp³-hybridized carbons (Fsp3) is 0.214. The second kappa shape index (κ2) is 5.97. The van der Waals surface area contributed by atoms with Gasteiger partial charge in [-0.3, -0.25) is 9.89 Å². The molecule has 0 spiro atoms. The molecule has 0 radical (unpaired) electrons. The minimum absolute atomic E-state index is 0.284. The van der Waals surface area contributed by atoms with E-state index in [0.717, 1.165) is 11.3 Å². The summed E-state index contributed by atoms with van der Waals surface area (Å²) in [6, 6.07) is 4.50. The van der Waals surface area contributed by atoms with Gasteiger partial charge in [0.25, 0.3) is 5.91 Å². The Balaban J connectivity index is 2.28. The molecule has 1 aromatic heterocycles. The van der Waals surface area contributed by atoms with E-state index < -0.39 is 11.9 Å². The number of nitrogens with zero attached hydrogens (tertiary/aromatic N) is 1. The van der Waals surface area contributed by atoms with Gasteiger partial charge < -0.3 is 10.1 Å². The number of aryl methyl sites for hydroxylation is 1. The summed E-state index contributed by atoms with van der Waals surface area (Å²) in [5.41, 5.74) is 2.48. The lowest BCUT2D eigenvalue weighted by molar-refractivity contribution is 0.0600. The fourth-order valence-electron chi connectivity index (χ4n) is 1.75. The van der Waals surface area contributed by atoms with Crippen molar-refractivity contribution >= 4 is 29.2 Å². The Morgan fingerprint density at radius 2 is 2.05 bits per heavy atom. The number of rotatable bonds is 3. The zero-order chi connectivity index (χ0) is 15.6. The van der Waals surface area contributed by atoms with Crippen LogP contribution in [0.1, 0.15) is 32.1 Å². The number of hydrogen-bond donors (Lipinski definition) is 2. The SMILES string of the molecule is COC(=O)c1ccc(Cl)c(NC(=O)c2n[nH]c(C)c2C)c1. The van der Waals surface area contributed by atoms with Gasteiger partial charge >= 0.3 is 5.97 Å². The molecular formula is C14H14ClN3O3. The van der Waals surface area contributed by atoms with E-state index in [1.165, 1.54) is 25.3 Å². The van der Waals surface area contributed by atoms with Crippen LogP contribution in [0.25, 0.3) is 0 Å². The summed E-state index contributed by atoms with van der Waals surface area (Å²) >= 11 is 6.03. The van der Waals surface area contributed by atoms with Crippen molar-refractivity contribution in [2.45, 2.75) is 13.8 Å². The first-order valence-corrected chi connectivity index (χ1v) is 6.52. The van der Waals surface area contributed by atoms with E-state index in [0.29, 0.717) is 16.3 Å². The Hall–Kier alpha value is -2.34. The zero-order valence-electron chi connectivity index (χ0n) is 11.8. The molecule has 2 aromatic rings. The van der Waals surface area contributed by atoms with E-state index in [9.17, 15) is 9.59 Å². The van der Waals surface area contributed by atoms with Crippen molar-refractivity contribution < 1.29 is 14.3 Å². The summed E-state index contributed by atoms with van der Waals surface area (Å²) in [4.78, 5) is 23.7. The molecule has 0 aliphatic carbocycles. The van der Waals surface area contributed by atoms with Crippen LogP contribution in [0.2, 0.25) is 5.02 Å². The molecule has 21 heavy (non-hydrogen) atoms. The summed E-state index contributed by atoms with van der Waals surface area (Å²) in [6.07, 6.45) is 0. The van der Waals surface area contributed by atoms with E-state index in [4.69, 9.17) is 11.6 Å². The van der Waals surface area contributed by atoms with Crippen LogP contribution in [0.4, 0.5) is 5.69 Å². The number of aromatic amines is 1. The van der Waals surface area contributed by atoms with Gasteiger partial charge in [-0.25, -0.2) is 4.79 Å². The lowest BCUT2D eigenvalue weighted by Gasteiger charge is -2.08. The molecule has 0 atom stereocenters. The van der Waals surface area contributed by atoms with Gasteiger partial charge in [0.2, 0.25) is 0 Å². The van der Waals surface area contributed by atoms with Gasteiger partial charge in [0.15, 0.2) is 5.69 Å². The number of aromatic nitrogens is 2. The Labute approximate surface area is 126 Å². The highest BCUT2D eigenvalue weighted by Crippen LogP contribution is 2.24. The second-order valence-corrected chi connectivity index (χ2v) is 4.87. The summed E-state index contributed by atoms with van der Waals surface area (Å²) < 4.78 is 4.63. The van der Waals surface area contributed by atoms with Gasteiger partial charge in [0, 0.05) is 11.3 Å². The maximum atomic E-state index is 12.2. The van der Waals surface area contributed by atoms with Crippen LogP contribution in [-0.4, -0.2) is 29.2 Å². The molecule has 1 heterocycles. The van der Waals surface area contributed by atoms with Gasteiger partial charge in [-0.2, -0.15) is 5.10 Å². The molecule has 0 fully saturated rings. The van der Waals surface area contributed by atoms with E-state index in [1.807, 2.05) is 6.92 Å². The van der Waals surface area contributed by atoms with Crippen LogP contribution in [-0.2, 0) is 4.74 Å². The number of H-pyrrole nitrogens is 1. The summed E-state index contributed by atoms with van der Waals surface area (Å²) in [7, 11) is 1.28. The third-order valence-corrected chi connectivity index (χ3v) is 3.43. The molecular weight excluding hydrogens is 294 g/mol. The van der Waals surface area contributed by atoms with Gasteiger partial charge in [-0.1, -0.05) is 11.6 Å². The van der Waals surface area contributed by atoms with Crippen LogP contribution in [0, 0.1) is 13.8 Å². The molecule has 0 bridgehead atoms. The van der Waals surface area contributed by atoms with Gasteiger partial charge in [-0.15, -0.1) is 0 Å². The van der Waals surface area contributed by atoms with Crippen molar-refractivity contribution in [3.63, 3.8) is 0 Å². The number of carbonyl (C=O) groups excluding carboxylic acids is 2. The molecule has 0 aliphatic heterocycles. The van der Waals surface area contributed by atoms with Crippen LogP contribution >= 0.6 is 11.6 Å². The minimum Gasteiger partial charge on any atom is -0.465 e. The maximum absolute atomic E-state index is 12.2. The standard InChI is InChI=1S/C14H14ClN3O3/c1-7-8(2)17-18-12(7)13(19)16-11-6-9(14(20)21-3)4-5-10(11)15/h4-6H,1-3H3,(H,16,19)(H,17,18). The number of carbonyl (C=O) groups is 2. The maximum Gasteiger partial charge on any atom is 0.337 e. The molecule has 6 nitrogen and oxygen atoms in total. The van der Waals surface area contributed by atoms with Gasteiger partial charge in [0.05, 0.1) is 23.4 Å². The first-order valence-electron chi connectivity index (χ1n) is 6.14. The van der Waals surface area contributed by atoms with Crippen LogP contribution < -0.4 is 5.32 Å². The molecule has 7 heteroatoms. The third kappa shape index (κ3) is 3.05. The average molecular weight is 308 g/mol. The number of methoxy groups -OCH3 is 1. The largest absolute Gasteiger partial charge is 0.465 e. The Morgan fingerprint density at radius 1 is 1.33 bits per heavy atom. The predicted molar refractivity (Wildman–Crippen MR) is 78.8 cm³/mol. The number of ether oxygens (including phenoxy) is 1. The van der Waals surface area contributed by atoms with Crippen LogP contribution in [0.5, 0.6) is 0 Å². The number of amides is 1. The topological polar surface area (TPSA) is 84.1 Å². The van der Waals surface area contributed by atoms with E-state index >= 15 is 0 Å². The van der Waals surface area contributed by atoms with Crippen molar-refractivity contribution in [3.8, 4) is 0 Å². The quantitative estimate of drug-likeness (QED) is 0.854. The molecule has 0 saturated heterocycles. The molecule has 0 saturated carbocycles. The molecule has 2 N–H and O–H groups in total. The summed E-state index contributed by atoms with van der Waals surface area (Å²) in [6.45, 7) is 3.62. The molecule has 1 aromatic carbocycles.